The summed E-state index contributed by atoms with van der Waals surface area (Å²) in [6, 6.07) is 1.95. The number of halogens is 1. The van der Waals surface area contributed by atoms with Gasteiger partial charge in [-0.25, -0.2) is 0 Å². The van der Waals surface area contributed by atoms with E-state index in [1.165, 1.54) is 6.26 Å². The third kappa shape index (κ3) is 2.08. The standard InChI is InChI=1S/C10H13BrN2O2/c1-7-6-12-3-4-13(7)10(14)9-8(11)2-5-15-9/h2,5,7,12H,3-4,6H2,1H3/t7-/m0/s1. The van der Waals surface area contributed by atoms with Crippen molar-refractivity contribution in [2.45, 2.75) is 13.0 Å². The molecule has 0 unspecified atom stereocenters. The third-order valence-corrected chi connectivity index (χ3v) is 3.20. The quantitative estimate of drug-likeness (QED) is 0.843. The molecule has 2 heterocycles. The summed E-state index contributed by atoms with van der Waals surface area (Å²) in [5.74, 6) is 0.352. The molecule has 5 heteroatoms. The number of hydrogen-bond acceptors (Lipinski definition) is 3. The van der Waals surface area contributed by atoms with Gasteiger partial charge in [-0.1, -0.05) is 0 Å². The second-order valence-corrected chi connectivity index (χ2v) is 4.50. The van der Waals surface area contributed by atoms with Crippen molar-refractivity contribution in [3.8, 4) is 0 Å². The van der Waals surface area contributed by atoms with E-state index in [2.05, 4.69) is 21.2 Å². The number of nitrogens with one attached hydrogen (secondary N) is 1. The Balaban J connectivity index is 2.17. The molecule has 1 atom stereocenters. The summed E-state index contributed by atoms with van der Waals surface area (Å²) in [6.07, 6.45) is 1.52. The van der Waals surface area contributed by atoms with Gasteiger partial charge in [-0.05, 0) is 28.9 Å². The van der Waals surface area contributed by atoms with Crippen molar-refractivity contribution in [3.63, 3.8) is 0 Å². The Hall–Kier alpha value is -0.810. The van der Waals surface area contributed by atoms with Crippen LogP contribution < -0.4 is 5.32 Å². The zero-order chi connectivity index (χ0) is 10.8. The van der Waals surface area contributed by atoms with Crippen LogP contribution in [0.15, 0.2) is 21.2 Å². The maximum Gasteiger partial charge on any atom is 0.291 e. The number of carbonyl (C=O) groups is 1. The number of piperazine rings is 1. The lowest BCUT2D eigenvalue weighted by Gasteiger charge is -2.33. The first-order valence-electron chi connectivity index (χ1n) is 4.95. The summed E-state index contributed by atoms with van der Waals surface area (Å²) in [6.45, 7) is 4.44. The molecule has 82 valence electrons. The van der Waals surface area contributed by atoms with Crippen molar-refractivity contribution in [1.82, 2.24) is 10.2 Å². The molecule has 1 aromatic rings. The van der Waals surface area contributed by atoms with Crippen LogP contribution in [0.2, 0.25) is 0 Å². The molecule has 15 heavy (non-hydrogen) atoms. The Kier molecular flexibility index (Phi) is 3.11. The molecule has 0 bridgehead atoms. The second kappa shape index (κ2) is 4.37. The summed E-state index contributed by atoms with van der Waals surface area (Å²) in [7, 11) is 0. The smallest absolute Gasteiger partial charge is 0.291 e. The van der Waals surface area contributed by atoms with Crippen LogP contribution in [-0.2, 0) is 0 Å². The van der Waals surface area contributed by atoms with E-state index in [1.54, 1.807) is 6.07 Å². The minimum absolute atomic E-state index is 0.0409. The van der Waals surface area contributed by atoms with Gasteiger partial charge in [0, 0.05) is 25.7 Å². The second-order valence-electron chi connectivity index (χ2n) is 3.65. The van der Waals surface area contributed by atoms with Gasteiger partial charge in [0.1, 0.15) is 0 Å². The van der Waals surface area contributed by atoms with E-state index >= 15 is 0 Å². The molecule has 1 aromatic heterocycles. The van der Waals surface area contributed by atoms with Crippen LogP contribution in [0.1, 0.15) is 17.5 Å². The Morgan fingerprint density at radius 3 is 3.13 bits per heavy atom. The fourth-order valence-electron chi connectivity index (χ4n) is 1.72. The van der Waals surface area contributed by atoms with E-state index in [9.17, 15) is 4.79 Å². The van der Waals surface area contributed by atoms with Crippen LogP contribution in [0, 0.1) is 0 Å². The summed E-state index contributed by atoms with van der Waals surface area (Å²) in [5, 5.41) is 3.24. The fraction of sp³-hybridized carbons (Fsp3) is 0.500. The highest BCUT2D eigenvalue weighted by molar-refractivity contribution is 9.10. The zero-order valence-corrected chi connectivity index (χ0v) is 10.1. The molecule has 0 aromatic carbocycles. The molecule has 0 saturated carbocycles. The fourth-order valence-corrected chi connectivity index (χ4v) is 2.09. The highest BCUT2D eigenvalue weighted by Gasteiger charge is 2.27. The Morgan fingerprint density at radius 1 is 1.73 bits per heavy atom. The molecule has 4 nitrogen and oxygen atoms in total. The molecule has 0 radical (unpaired) electrons. The van der Waals surface area contributed by atoms with Crippen LogP contribution in [0.25, 0.3) is 0 Å². The molecule has 1 fully saturated rings. The summed E-state index contributed by atoms with van der Waals surface area (Å²) >= 11 is 3.30. The number of carbonyl (C=O) groups excluding carboxylic acids is 1. The number of hydrogen-bond donors (Lipinski definition) is 1. The van der Waals surface area contributed by atoms with Crippen LogP contribution in [-0.4, -0.2) is 36.5 Å². The van der Waals surface area contributed by atoms with E-state index in [-0.39, 0.29) is 11.9 Å². The maximum absolute atomic E-state index is 12.1. The first-order chi connectivity index (χ1) is 7.20. The molecule has 1 saturated heterocycles. The molecular weight excluding hydrogens is 260 g/mol. The molecule has 0 spiro atoms. The van der Waals surface area contributed by atoms with Gasteiger partial charge in [0.2, 0.25) is 5.76 Å². The lowest BCUT2D eigenvalue weighted by molar-refractivity contribution is 0.0622. The van der Waals surface area contributed by atoms with E-state index in [0.29, 0.717) is 5.76 Å². The minimum Gasteiger partial charge on any atom is -0.458 e. The number of furan rings is 1. The van der Waals surface area contributed by atoms with E-state index < -0.39 is 0 Å². The van der Waals surface area contributed by atoms with Gasteiger partial charge >= 0.3 is 0 Å². The molecular formula is C10H13BrN2O2. The highest BCUT2D eigenvalue weighted by atomic mass is 79.9. The summed E-state index contributed by atoms with van der Waals surface area (Å²) in [4.78, 5) is 13.9. The number of amides is 1. The van der Waals surface area contributed by atoms with Gasteiger partial charge in [-0.2, -0.15) is 0 Å². The predicted octanol–water partition coefficient (Wildman–Crippen LogP) is 1.48. The van der Waals surface area contributed by atoms with Gasteiger partial charge < -0.3 is 14.6 Å². The van der Waals surface area contributed by atoms with Crippen molar-refractivity contribution in [3.05, 3.63) is 22.6 Å². The minimum atomic E-state index is -0.0409. The van der Waals surface area contributed by atoms with Gasteiger partial charge in [0.25, 0.3) is 5.91 Å². The summed E-state index contributed by atoms with van der Waals surface area (Å²) < 4.78 is 5.89. The molecule has 0 aliphatic carbocycles. The van der Waals surface area contributed by atoms with Gasteiger partial charge in [0.15, 0.2) is 0 Å². The SMILES string of the molecule is C[C@H]1CNCCN1C(=O)c1occc1Br. The molecule has 1 N–H and O–H groups in total. The van der Waals surface area contributed by atoms with Crippen molar-refractivity contribution in [2.24, 2.45) is 0 Å². The lowest BCUT2D eigenvalue weighted by Crippen LogP contribution is -2.52. The third-order valence-electron chi connectivity index (χ3n) is 2.57. The van der Waals surface area contributed by atoms with Crippen molar-refractivity contribution >= 4 is 21.8 Å². The largest absolute Gasteiger partial charge is 0.458 e. The van der Waals surface area contributed by atoms with Gasteiger partial charge in [-0.15, -0.1) is 0 Å². The highest BCUT2D eigenvalue weighted by Crippen LogP contribution is 2.20. The number of nitrogens with zero attached hydrogens (tertiary/aromatic N) is 1. The Bertz CT molecular complexity index is 364. The summed E-state index contributed by atoms with van der Waals surface area (Å²) in [5.41, 5.74) is 0. The first-order valence-corrected chi connectivity index (χ1v) is 5.74. The monoisotopic (exact) mass is 272 g/mol. The van der Waals surface area contributed by atoms with E-state index in [4.69, 9.17) is 4.42 Å². The van der Waals surface area contributed by atoms with Crippen molar-refractivity contribution in [1.29, 1.82) is 0 Å². The number of rotatable bonds is 1. The zero-order valence-electron chi connectivity index (χ0n) is 8.50. The topological polar surface area (TPSA) is 45.5 Å². The average molecular weight is 273 g/mol. The van der Waals surface area contributed by atoms with Crippen LogP contribution >= 0.6 is 15.9 Å². The molecule has 1 amide bonds. The van der Waals surface area contributed by atoms with Crippen molar-refractivity contribution < 1.29 is 9.21 Å². The Labute approximate surface area is 96.7 Å². The predicted molar refractivity (Wildman–Crippen MR) is 59.8 cm³/mol. The van der Waals surface area contributed by atoms with Crippen molar-refractivity contribution in [2.75, 3.05) is 19.6 Å². The molecule has 1 aliphatic heterocycles. The van der Waals surface area contributed by atoms with E-state index in [1.807, 2.05) is 11.8 Å². The first kappa shape index (κ1) is 10.7. The van der Waals surface area contributed by atoms with Gasteiger partial charge in [0.05, 0.1) is 10.7 Å². The lowest BCUT2D eigenvalue weighted by atomic mass is 10.2. The molecule has 2 rings (SSSR count). The van der Waals surface area contributed by atoms with Gasteiger partial charge in [-0.3, -0.25) is 4.79 Å². The normalized spacial score (nSPS) is 21.7. The van der Waals surface area contributed by atoms with Crippen LogP contribution in [0.3, 0.4) is 0 Å². The molecule has 1 aliphatic rings. The maximum atomic E-state index is 12.1. The van der Waals surface area contributed by atoms with E-state index in [0.717, 1.165) is 24.1 Å². The average Bonchev–Trinajstić information content (AvgIpc) is 2.64. The van der Waals surface area contributed by atoms with Crippen LogP contribution in [0.4, 0.5) is 0 Å². The van der Waals surface area contributed by atoms with Crippen LogP contribution in [0.5, 0.6) is 0 Å². The Morgan fingerprint density at radius 2 is 2.53 bits per heavy atom.